The highest BCUT2D eigenvalue weighted by Crippen LogP contribution is 2.92. The molecule has 0 aromatic heterocycles. The molecule has 8 aliphatic rings. The first-order valence-electron chi connectivity index (χ1n) is 9.74. The topological polar surface area (TPSA) is 60.4 Å². The van der Waals surface area contributed by atoms with E-state index in [-0.39, 0.29) is 23.7 Å². The first-order valence-corrected chi connectivity index (χ1v) is 9.74. The van der Waals surface area contributed by atoms with Crippen molar-refractivity contribution in [2.75, 3.05) is 6.61 Å². The van der Waals surface area contributed by atoms with Crippen LogP contribution >= 0.6 is 0 Å². The second-order valence-electron chi connectivity index (χ2n) is 9.27. The molecule has 4 nitrogen and oxygen atoms in total. The van der Waals surface area contributed by atoms with Gasteiger partial charge in [0.2, 0.25) is 0 Å². The van der Waals surface area contributed by atoms with E-state index in [4.69, 9.17) is 4.74 Å². The lowest BCUT2D eigenvalue weighted by molar-refractivity contribution is -0.240. The molecule has 8 aliphatic carbocycles. The van der Waals surface area contributed by atoms with Gasteiger partial charge in [0, 0.05) is 29.7 Å². The van der Waals surface area contributed by atoms with Crippen LogP contribution in [0.25, 0.3) is 0 Å². The summed E-state index contributed by atoms with van der Waals surface area (Å²) in [4.78, 5) is 39.8. The molecule has 4 heteroatoms. The normalized spacial score (nSPS) is 60.0. The quantitative estimate of drug-likeness (QED) is 0.571. The van der Waals surface area contributed by atoms with E-state index in [9.17, 15) is 14.4 Å². The van der Waals surface area contributed by atoms with Gasteiger partial charge in [0.1, 0.15) is 11.6 Å². The summed E-state index contributed by atoms with van der Waals surface area (Å²) in [5, 5.41) is 0. The van der Waals surface area contributed by atoms with Crippen molar-refractivity contribution in [1.82, 2.24) is 0 Å². The Balaban J connectivity index is 1.52. The monoisotopic (exact) mass is 336 g/mol. The molecule has 0 aromatic carbocycles. The summed E-state index contributed by atoms with van der Waals surface area (Å²) in [6.45, 7) is 2.14. The first-order chi connectivity index (χ1) is 12.1. The minimum absolute atomic E-state index is 0.0892. The highest BCUT2D eigenvalue weighted by atomic mass is 16.5. The van der Waals surface area contributed by atoms with Gasteiger partial charge in [-0.05, 0) is 42.9 Å². The number of carbonyl (C=O) groups is 3. The molecule has 0 radical (unpaired) electrons. The van der Waals surface area contributed by atoms with Crippen LogP contribution in [-0.2, 0) is 19.1 Å². The summed E-state index contributed by atoms with van der Waals surface area (Å²) in [6, 6.07) is 0. The molecule has 0 heterocycles. The Kier molecular flexibility index (Phi) is 1.92. The highest BCUT2D eigenvalue weighted by Gasteiger charge is 2.95. The molecule has 2 spiro atoms. The van der Waals surface area contributed by atoms with Crippen LogP contribution in [0.1, 0.15) is 19.8 Å². The molecule has 0 aliphatic heterocycles. The Bertz CT molecular complexity index is 867. The number of ether oxygens (including phenoxy) is 1. The number of fused-ring (bicyclic) bond motifs is 1. The number of allylic oxidation sites excluding steroid dienone is 3. The zero-order chi connectivity index (χ0) is 16.9. The standard InChI is InChI=1S/C21H20O4/c1-2-25-19(24)11-5-8-3-4-13(11)21-17-12-6-10-9(15(12)18(21)23)7-14(22)20(8,21)16(10)17/h3-5,8-10,12-13,15-17H,2,6-7H2,1H3/t8-,9?,10?,12?,13+,15?,16?,17?,20?,21?/m0/s1. The molecule has 8 rings (SSSR count). The Morgan fingerprint density at radius 1 is 1.16 bits per heavy atom. The Morgan fingerprint density at radius 2 is 1.96 bits per heavy atom. The third-order valence-electron chi connectivity index (χ3n) is 9.39. The Labute approximate surface area is 145 Å². The van der Waals surface area contributed by atoms with E-state index in [2.05, 4.69) is 12.2 Å². The molecule has 0 amide bonds. The van der Waals surface area contributed by atoms with Gasteiger partial charge in [-0.25, -0.2) is 4.79 Å². The van der Waals surface area contributed by atoms with E-state index in [1.165, 1.54) is 0 Å². The fourth-order valence-corrected chi connectivity index (χ4v) is 9.42. The summed E-state index contributed by atoms with van der Waals surface area (Å²) in [6.07, 6.45) is 7.90. The predicted octanol–water partition coefficient (Wildman–Crippen LogP) is 1.95. The van der Waals surface area contributed by atoms with Crippen molar-refractivity contribution in [3.8, 4) is 0 Å². The van der Waals surface area contributed by atoms with Gasteiger partial charge in [-0.2, -0.15) is 0 Å². The van der Waals surface area contributed by atoms with Crippen molar-refractivity contribution in [1.29, 1.82) is 0 Å². The summed E-state index contributed by atoms with van der Waals surface area (Å²) in [5.41, 5.74) is -0.487. The van der Waals surface area contributed by atoms with E-state index >= 15 is 0 Å². The van der Waals surface area contributed by atoms with Crippen LogP contribution in [0, 0.1) is 58.2 Å². The maximum absolute atomic E-state index is 13.8. The molecular formula is C21H20O4. The molecule has 0 aromatic rings. The van der Waals surface area contributed by atoms with Crippen molar-refractivity contribution in [2.24, 2.45) is 58.2 Å². The summed E-state index contributed by atoms with van der Waals surface area (Å²) in [5.74, 6) is 2.21. The van der Waals surface area contributed by atoms with Crippen LogP contribution in [0.4, 0.5) is 0 Å². The second-order valence-corrected chi connectivity index (χ2v) is 9.27. The number of hydrogen-bond donors (Lipinski definition) is 0. The second kappa shape index (κ2) is 3.56. The molecule has 5 saturated carbocycles. The SMILES string of the molecule is CCOC(=O)C1=C[C@@H]2C=C[C@H]1C13C(=O)C4C5CC(=O)C21C1C5CC4C13. The van der Waals surface area contributed by atoms with Gasteiger partial charge in [-0.15, -0.1) is 0 Å². The summed E-state index contributed by atoms with van der Waals surface area (Å²) >= 11 is 0. The lowest BCUT2D eigenvalue weighted by Gasteiger charge is -2.74. The first kappa shape index (κ1) is 13.5. The fourth-order valence-electron chi connectivity index (χ4n) is 9.42. The number of hydrogen-bond acceptors (Lipinski definition) is 4. The van der Waals surface area contributed by atoms with Crippen LogP contribution in [0.3, 0.4) is 0 Å². The average Bonchev–Trinajstić information content (AvgIpc) is 3.10. The number of carbonyl (C=O) groups excluding carboxylic acids is 3. The van der Waals surface area contributed by atoms with E-state index in [0.717, 1.165) is 6.42 Å². The molecule has 0 N–H and O–H groups in total. The molecule has 10 atom stereocenters. The van der Waals surface area contributed by atoms with E-state index in [0.29, 0.717) is 59.8 Å². The summed E-state index contributed by atoms with van der Waals surface area (Å²) in [7, 11) is 0. The number of Topliss-reactive ketones (excluding diaryl/α,β-unsaturated/α-hetero) is 2. The number of ketones is 2. The van der Waals surface area contributed by atoms with Gasteiger partial charge in [0.15, 0.2) is 0 Å². The maximum Gasteiger partial charge on any atom is 0.334 e. The largest absolute Gasteiger partial charge is 0.463 e. The van der Waals surface area contributed by atoms with E-state index in [1.54, 1.807) is 0 Å². The molecule has 128 valence electrons. The third kappa shape index (κ3) is 0.931. The van der Waals surface area contributed by atoms with E-state index in [1.807, 2.05) is 13.0 Å². The highest BCUT2D eigenvalue weighted by molar-refractivity contribution is 6.09. The lowest BCUT2D eigenvalue weighted by Crippen LogP contribution is -2.78. The fraction of sp³-hybridized carbons (Fsp3) is 0.667. The molecule has 0 saturated heterocycles. The van der Waals surface area contributed by atoms with Crippen LogP contribution in [-0.4, -0.2) is 24.1 Å². The smallest absolute Gasteiger partial charge is 0.334 e. The zero-order valence-corrected chi connectivity index (χ0v) is 14.1. The Hall–Kier alpha value is -1.71. The van der Waals surface area contributed by atoms with Crippen LogP contribution < -0.4 is 0 Å². The number of rotatable bonds is 2. The minimum Gasteiger partial charge on any atom is -0.463 e. The maximum atomic E-state index is 13.8. The third-order valence-corrected chi connectivity index (χ3v) is 9.39. The van der Waals surface area contributed by atoms with Crippen molar-refractivity contribution in [2.45, 2.75) is 19.8 Å². The van der Waals surface area contributed by atoms with Gasteiger partial charge in [-0.1, -0.05) is 18.2 Å². The molecule has 5 fully saturated rings. The lowest BCUT2D eigenvalue weighted by atomic mass is 9.26. The molecule has 4 bridgehead atoms. The predicted molar refractivity (Wildman–Crippen MR) is 85.9 cm³/mol. The van der Waals surface area contributed by atoms with E-state index < -0.39 is 10.8 Å². The van der Waals surface area contributed by atoms with Gasteiger partial charge in [-0.3, -0.25) is 9.59 Å². The number of esters is 1. The van der Waals surface area contributed by atoms with Gasteiger partial charge in [0.05, 0.1) is 17.4 Å². The van der Waals surface area contributed by atoms with Crippen molar-refractivity contribution < 1.29 is 19.1 Å². The summed E-state index contributed by atoms with van der Waals surface area (Å²) < 4.78 is 5.30. The van der Waals surface area contributed by atoms with Gasteiger partial charge < -0.3 is 4.74 Å². The van der Waals surface area contributed by atoms with Crippen molar-refractivity contribution in [3.05, 3.63) is 23.8 Å². The zero-order valence-electron chi connectivity index (χ0n) is 14.1. The van der Waals surface area contributed by atoms with Crippen LogP contribution in [0.2, 0.25) is 0 Å². The van der Waals surface area contributed by atoms with Gasteiger partial charge >= 0.3 is 5.97 Å². The Morgan fingerprint density at radius 3 is 2.76 bits per heavy atom. The minimum atomic E-state index is -0.611. The molecule has 25 heavy (non-hydrogen) atoms. The van der Waals surface area contributed by atoms with Crippen molar-refractivity contribution in [3.63, 3.8) is 0 Å². The molecule has 8 unspecified atom stereocenters. The van der Waals surface area contributed by atoms with Crippen LogP contribution in [0.5, 0.6) is 0 Å². The van der Waals surface area contributed by atoms with Crippen LogP contribution in [0.15, 0.2) is 23.8 Å². The van der Waals surface area contributed by atoms with Gasteiger partial charge in [0.25, 0.3) is 0 Å². The van der Waals surface area contributed by atoms with Crippen molar-refractivity contribution >= 4 is 17.5 Å². The molecular weight excluding hydrogens is 316 g/mol. The average molecular weight is 336 g/mol.